The Morgan fingerprint density at radius 1 is 1.03 bits per heavy atom. The lowest BCUT2D eigenvalue weighted by atomic mass is 10.1. The smallest absolute Gasteiger partial charge is 0.303 e. The number of carboxylic acids is 1. The second kappa shape index (κ2) is 11.4. The van der Waals surface area contributed by atoms with Crippen molar-refractivity contribution in [3.8, 4) is 11.3 Å². The van der Waals surface area contributed by atoms with Crippen LogP contribution in [0.1, 0.15) is 12.8 Å². The summed E-state index contributed by atoms with van der Waals surface area (Å²) >= 11 is 0. The van der Waals surface area contributed by atoms with Gasteiger partial charge in [0.1, 0.15) is 0 Å². The van der Waals surface area contributed by atoms with E-state index in [4.69, 9.17) is 15.6 Å². The fourth-order valence-corrected chi connectivity index (χ4v) is 3.66. The van der Waals surface area contributed by atoms with Crippen molar-refractivity contribution < 1.29 is 19.4 Å². The molecule has 1 saturated heterocycles. The van der Waals surface area contributed by atoms with E-state index in [0.717, 1.165) is 48.9 Å². The van der Waals surface area contributed by atoms with Crippen molar-refractivity contribution in [3.63, 3.8) is 0 Å². The minimum Gasteiger partial charge on any atom is -0.481 e. The third-order valence-corrected chi connectivity index (χ3v) is 5.61. The number of rotatable bonds is 9. The number of amides is 1. The molecule has 4 rings (SSSR count). The van der Waals surface area contributed by atoms with Crippen LogP contribution in [0, 0.1) is 0 Å². The van der Waals surface area contributed by atoms with Gasteiger partial charge in [-0.05, 0) is 48.9 Å². The molecule has 1 aliphatic heterocycles. The molecule has 1 aliphatic rings. The third-order valence-electron chi connectivity index (χ3n) is 5.61. The van der Waals surface area contributed by atoms with Crippen molar-refractivity contribution >= 4 is 34.9 Å². The van der Waals surface area contributed by atoms with Gasteiger partial charge in [-0.15, -0.1) is 0 Å². The number of carbonyl (C=O) groups is 2. The summed E-state index contributed by atoms with van der Waals surface area (Å²) < 4.78 is 5.41. The molecule has 0 saturated carbocycles. The number of carbonyl (C=O) groups excluding carboxylic acids is 1. The van der Waals surface area contributed by atoms with Crippen molar-refractivity contribution in [2.24, 2.45) is 5.73 Å². The number of hydrogen-bond acceptors (Lipinski definition) is 8. The van der Waals surface area contributed by atoms with E-state index >= 15 is 0 Å². The Morgan fingerprint density at radius 2 is 1.71 bits per heavy atom. The first-order chi connectivity index (χ1) is 17.0. The molecule has 3 aromatic rings. The summed E-state index contributed by atoms with van der Waals surface area (Å²) in [6.45, 7) is 3.26. The van der Waals surface area contributed by atoms with Crippen LogP contribution in [0.4, 0.5) is 23.0 Å². The first kappa shape index (κ1) is 24.1. The van der Waals surface area contributed by atoms with Gasteiger partial charge in [0, 0.05) is 48.3 Å². The summed E-state index contributed by atoms with van der Waals surface area (Å²) in [5.41, 5.74) is 9.94. The van der Waals surface area contributed by atoms with Gasteiger partial charge in [-0.3, -0.25) is 9.59 Å². The molecule has 5 N–H and O–H groups in total. The Labute approximate surface area is 203 Å². The summed E-state index contributed by atoms with van der Waals surface area (Å²) in [5.74, 6) is -0.933. The highest BCUT2D eigenvalue weighted by Crippen LogP contribution is 2.23. The maximum absolute atomic E-state index is 12.1. The molecule has 0 bridgehead atoms. The van der Waals surface area contributed by atoms with Crippen LogP contribution in [0.2, 0.25) is 0 Å². The van der Waals surface area contributed by atoms with E-state index in [1.165, 1.54) is 0 Å². The number of anilines is 4. The molecule has 2 heterocycles. The van der Waals surface area contributed by atoms with Gasteiger partial charge in [0.25, 0.3) is 0 Å². The Balaban J connectivity index is 1.37. The summed E-state index contributed by atoms with van der Waals surface area (Å²) in [6, 6.07) is 16.2. The number of nitrogens with one attached hydrogen (secondary N) is 2. The number of nitrogens with two attached hydrogens (primary N) is 1. The topological polar surface area (TPSA) is 143 Å². The first-order valence-electron chi connectivity index (χ1n) is 11.4. The summed E-state index contributed by atoms with van der Waals surface area (Å²) in [5, 5.41) is 14.7. The van der Waals surface area contributed by atoms with Gasteiger partial charge in [-0.2, -0.15) is 0 Å². The molecule has 10 heteroatoms. The summed E-state index contributed by atoms with van der Waals surface area (Å²) in [4.78, 5) is 34.0. The Morgan fingerprint density at radius 3 is 2.40 bits per heavy atom. The second-order valence-electron chi connectivity index (χ2n) is 8.14. The predicted octanol–water partition coefficient (Wildman–Crippen LogP) is 2.85. The highest BCUT2D eigenvalue weighted by molar-refractivity contribution is 5.95. The fraction of sp³-hybridized carbons (Fsp3) is 0.280. The van der Waals surface area contributed by atoms with Crippen LogP contribution in [0.5, 0.6) is 0 Å². The second-order valence-corrected chi connectivity index (χ2v) is 8.14. The van der Waals surface area contributed by atoms with Gasteiger partial charge < -0.3 is 31.1 Å². The van der Waals surface area contributed by atoms with Crippen molar-refractivity contribution in [2.75, 3.05) is 41.8 Å². The van der Waals surface area contributed by atoms with E-state index < -0.39 is 17.9 Å². The minimum absolute atomic E-state index is 0.0753. The SMILES string of the molecule is N[C@H](CCC(=O)O)C(=O)Nc1ccc(-c2ccnc(Nc3ccc(N4CCOCC4)cc3)n2)cc1. The van der Waals surface area contributed by atoms with E-state index in [0.29, 0.717) is 11.6 Å². The molecular weight excluding hydrogens is 448 g/mol. The lowest BCUT2D eigenvalue weighted by Gasteiger charge is -2.28. The molecule has 35 heavy (non-hydrogen) atoms. The van der Waals surface area contributed by atoms with Crippen molar-refractivity contribution in [1.29, 1.82) is 0 Å². The van der Waals surface area contributed by atoms with E-state index in [-0.39, 0.29) is 12.8 Å². The first-order valence-corrected chi connectivity index (χ1v) is 11.4. The molecule has 0 aliphatic carbocycles. The van der Waals surface area contributed by atoms with Crippen LogP contribution in [-0.2, 0) is 14.3 Å². The lowest BCUT2D eigenvalue weighted by Crippen LogP contribution is -2.36. The zero-order chi connectivity index (χ0) is 24.6. The van der Waals surface area contributed by atoms with Gasteiger partial charge in [0.15, 0.2) is 0 Å². The number of aromatic nitrogens is 2. The van der Waals surface area contributed by atoms with Gasteiger partial charge in [0.2, 0.25) is 11.9 Å². The monoisotopic (exact) mass is 476 g/mol. The van der Waals surface area contributed by atoms with Gasteiger partial charge in [0.05, 0.1) is 24.9 Å². The van der Waals surface area contributed by atoms with Crippen molar-refractivity contribution in [1.82, 2.24) is 9.97 Å². The van der Waals surface area contributed by atoms with Crippen LogP contribution in [-0.4, -0.2) is 59.3 Å². The fourth-order valence-electron chi connectivity index (χ4n) is 3.66. The van der Waals surface area contributed by atoms with Crippen molar-refractivity contribution in [3.05, 3.63) is 60.8 Å². The largest absolute Gasteiger partial charge is 0.481 e. The highest BCUT2D eigenvalue weighted by Gasteiger charge is 2.15. The zero-order valence-electron chi connectivity index (χ0n) is 19.2. The van der Waals surface area contributed by atoms with Gasteiger partial charge >= 0.3 is 5.97 Å². The number of nitrogens with zero attached hydrogens (tertiary/aromatic N) is 3. The molecule has 1 aromatic heterocycles. The van der Waals surface area contributed by atoms with Crippen LogP contribution < -0.4 is 21.3 Å². The normalized spacial score (nSPS) is 14.3. The molecule has 0 unspecified atom stereocenters. The van der Waals surface area contributed by atoms with E-state index in [9.17, 15) is 9.59 Å². The standard InChI is InChI=1S/C25H28N6O4/c26-21(9-10-23(32)33)24(34)28-18-3-1-17(2-4-18)22-11-12-27-25(30-22)29-19-5-7-20(8-6-19)31-13-15-35-16-14-31/h1-8,11-12,21H,9-10,13-16,26H2,(H,28,34)(H,32,33)(H,27,29,30)/t21-/m1/s1. The summed E-state index contributed by atoms with van der Waals surface area (Å²) in [6.07, 6.45) is 1.60. The number of benzene rings is 2. The number of carboxylic acid groups (broad SMARTS) is 1. The molecule has 1 atom stereocenters. The van der Waals surface area contributed by atoms with Crippen LogP contribution >= 0.6 is 0 Å². The molecular formula is C25H28N6O4. The lowest BCUT2D eigenvalue weighted by molar-refractivity contribution is -0.137. The molecule has 2 aromatic carbocycles. The van der Waals surface area contributed by atoms with Gasteiger partial charge in [-0.25, -0.2) is 9.97 Å². The number of hydrogen-bond donors (Lipinski definition) is 4. The van der Waals surface area contributed by atoms with E-state index in [1.54, 1.807) is 18.3 Å². The Hall–Kier alpha value is -4.02. The maximum atomic E-state index is 12.1. The minimum atomic E-state index is -0.985. The molecule has 1 amide bonds. The number of ether oxygens (including phenoxy) is 1. The van der Waals surface area contributed by atoms with Crippen LogP contribution in [0.3, 0.4) is 0 Å². The quantitative estimate of drug-likeness (QED) is 0.366. The maximum Gasteiger partial charge on any atom is 0.303 e. The molecule has 10 nitrogen and oxygen atoms in total. The number of morpholine rings is 1. The predicted molar refractivity (Wildman–Crippen MR) is 134 cm³/mol. The highest BCUT2D eigenvalue weighted by atomic mass is 16.5. The zero-order valence-corrected chi connectivity index (χ0v) is 19.2. The third kappa shape index (κ3) is 6.75. The van der Waals surface area contributed by atoms with Crippen molar-refractivity contribution in [2.45, 2.75) is 18.9 Å². The molecule has 1 fully saturated rings. The average molecular weight is 477 g/mol. The Bertz CT molecular complexity index is 1150. The molecule has 0 radical (unpaired) electrons. The summed E-state index contributed by atoms with van der Waals surface area (Å²) in [7, 11) is 0. The van der Waals surface area contributed by atoms with E-state index in [1.807, 2.05) is 30.3 Å². The number of aliphatic carboxylic acids is 1. The molecule has 182 valence electrons. The average Bonchev–Trinajstić information content (AvgIpc) is 2.89. The van der Waals surface area contributed by atoms with Crippen LogP contribution in [0.15, 0.2) is 60.8 Å². The van der Waals surface area contributed by atoms with Gasteiger partial charge in [-0.1, -0.05) is 12.1 Å². The van der Waals surface area contributed by atoms with Crippen LogP contribution in [0.25, 0.3) is 11.3 Å². The molecule has 0 spiro atoms. The van der Waals surface area contributed by atoms with E-state index in [2.05, 4.69) is 37.6 Å². The Kier molecular flexibility index (Phi) is 7.86.